The second-order valence-corrected chi connectivity index (χ2v) is 7.58. The van der Waals surface area contributed by atoms with Crippen molar-refractivity contribution in [1.29, 1.82) is 0 Å². The Labute approximate surface area is 164 Å². The van der Waals surface area contributed by atoms with Gasteiger partial charge < -0.3 is 14.5 Å². The number of benzene rings is 1. The molecule has 2 aromatic rings. The molecule has 150 valence electrons. The number of hydrogen-bond acceptors (Lipinski definition) is 4. The molecule has 0 aliphatic carbocycles. The van der Waals surface area contributed by atoms with Crippen LogP contribution in [0.4, 0.5) is 9.18 Å². The molecule has 1 aliphatic rings. The molecular formula is C21H26FN3O3. The Morgan fingerprint density at radius 3 is 2.61 bits per heavy atom. The van der Waals surface area contributed by atoms with Crippen LogP contribution in [0.15, 0.2) is 24.3 Å². The minimum absolute atomic E-state index is 0.125. The third-order valence-corrected chi connectivity index (χ3v) is 4.71. The fourth-order valence-corrected chi connectivity index (χ4v) is 3.31. The van der Waals surface area contributed by atoms with Crippen LogP contribution >= 0.6 is 0 Å². The van der Waals surface area contributed by atoms with Gasteiger partial charge in [0.2, 0.25) is 0 Å². The van der Waals surface area contributed by atoms with Gasteiger partial charge in [-0.3, -0.25) is 9.78 Å². The molecule has 0 N–H and O–H groups in total. The zero-order valence-electron chi connectivity index (χ0n) is 16.6. The highest BCUT2D eigenvalue weighted by Crippen LogP contribution is 2.22. The van der Waals surface area contributed by atoms with E-state index in [2.05, 4.69) is 4.98 Å². The lowest BCUT2D eigenvalue weighted by Crippen LogP contribution is -2.38. The molecule has 7 heteroatoms. The van der Waals surface area contributed by atoms with Crippen LogP contribution in [0, 0.1) is 18.7 Å². The summed E-state index contributed by atoms with van der Waals surface area (Å²) >= 11 is 0. The Morgan fingerprint density at radius 2 is 1.86 bits per heavy atom. The number of fused-ring (bicyclic) bond motifs is 1. The molecule has 3 rings (SSSR count). The van der Waals surface area contributed by atoms with E-state index in [1.165, 1.54) is 12.1 Å². The van der Waals surface area contributed by atoms with E-state index in [4.69, 9.17) is 4.74 Å². The summed E-state index contributed by atoms with van der Waals surface area (Å²) in [6.07, 6.45) is 0.350. The van der Waals surface area contributed by atoms with Gasteiger partial charge in [-0.1, -0.05) is 13.8 Å². The molecule has 1 saturated heterocycles. The smallest absolute Gasteiger partial charge is 0.409 e. The number of amides is 2. The van der Waals surface area contributed by atoms with E-state index >= 15 is 0 Å². The van der Waals surface area contributed by atoms with Crippen molar-refractivity contribution in [3.05, 3.63) is 41.3 Å². The Balaban J connectivity index is 1.75. The number of aryl methyl sites for hydroxylation is 1. The molecule has 1 aliphatic heterocycles. The monoisotopic (exact) mass is 387 g/mol. The molecule has 1 aromatic carbocycles. The highest BCUT2D eigenvalue weighted by molar-refractivity contribution is 6.06. The van der Waals surface area contributed by atoms with Gasteiger partial charge in [0.1, 0.15) is 5.82 Å². The van der Waals surface area contributed by atoms with Crippen molar-refractivity contribution in [2.75, 3.05) is 32.8 Å². The van der Waals surface area contributed by atoms with Crippen molar-refractivity contribution in [2.24, 2.45) is 5.92 Å². The van der Waals surface area contributed by atoms with Crippen molar-refractivity contribution in [2.45, 2.75) is 27.2 Å². The Morgan fingerprint density at radius 1 is 1.14 bits per heavy atom. The molecular weight excluding hydrogens is 361 g/mol. The fraction of sp³-hybridized carbons (Fsp3) is 0.476. The van der Waals surface area contributed by atoms with Gasteiger partial charge in [-0.2, -0.15) is 0 Å². The number of halogens is 1. The minimum atomic E-state index is -0.380. The number of ether oxygens (including phenoxy) is 1. The van der Waals surface area contributed by atoms with Gasteiger partial charge in [-0.15, -0.1) is 0 Å². The number of pyridine rings is 1. The number of hydrogen-bond donors (Lipinski definition) is 0. The third kappa shape index (κ3) is 4.58. The van der Waals surface area contributed by atoms with E-state index in [9.17, 15) is 14.0 Å². The summed E-state index contributed by atoms with van der Waals surface area (Å²) < 4.78 is 18.9. The van der Waals surface area contributed by atoms with Crippen molar-refractivity contribution < 1.29 is 18.7 Å². The lowest BCUT2D eigenvalue weighted by Gasteiger charge is -2.23. The second kappa shape index (κ2) is 8.54. The number of rotatable bonds is 3. The Bertz CT molecular complexity index is 879. The standard InChI is InChI=1S/C21H26FN3O3/c1-14(2)13-28-21(27)25-8-4-7-24(9-10-25)20(26)18-11-15(3)23-19-12-16(22)5-6-17(18)19/h5-6,11-12,14H,4,7-10,13H2,1-3H3. The lowest BCUT2D eigenvalue weighted by molar-refractivity contribution is 0.0748. The first kappa shape index (κ1) is 20.0. The van der Waals surface area contributed by atoms with Gasteiger partial charge >= 0.3 is 6.09 Å². The highest BCUT2D eigenvalue weighted by Gasteiger charge is 2.25. The maximum atomic E-state index is 13.6. The number of carbonyl (C=O) groups is 2. The van der Waals surface area contributed by atoms with Crippen molar-refractivity contribution >= 4 is 22.9 Å². The van der Waals surface area contributed by atoms with Crippen LogP contribution in [0.1, 0.15) is 36.3 Å². The maximum Gasteiger partial charge on any atom is 0.409 e. The summed E-state index contributed by atoms with van der Waals surface area (Å²) in [4.78, 5) is 33.1. The van der Waals surface area contributed by atoms with E-state index in [1.807, 2.05) is 13.8 Å². The average Bonchev–Trinajstić information content (AvgIpc) is 2.90. The normalized spacial score (nSPS) is 15.0. The van der Waals surface area contributed by atoms with E-state index in [1.54, 1.807) is 28.9 Å². The first-order chi connectivity index (χ1) is 13.3. The topological polar surface area (TPSA) is 62.7 Å². The maximum absolute atomic E-state index is 13.6. The quantitative estimate of drug-likeness (QED) is 0.807. The highest BCUT2D eigenvalue weighted by atomic mass is 19.1. The lowest BCUT2D eigenvalue weighted by atomic mass is 10.1. The van der Waals surface area contributed by atoms with Gasteiger partial charge in [0, 0.05) is 43.3 Å². The molecule has 0 spiro atoms. The molecule has 0 atom stereocenters. The van der Waals surface area contributed by atoms with Gasteiger partial charge in [0.25, 0.3) is 5.91 Å². The second-order valence-electron chi connectivity index (χ2n) is 7.58. The van der Waals surface area contributed by atoms with Gasteiger partial charge in [-0.25, -0.2) is 9.18 Å². The van der Waals surface area contributed by atoms with Crippen LogP contribution in [0.5, 0.6) is 0 Å². The van der Waals surface area contributed by atoms with Crippen LogP contribution < -0.4 is 0 Å². The molecule has 1 aromatic heterocycles. The Kier molecular flexibility index (Phi) is 6.11. The largest absolute Gasteiger partial charge is 0.449 e. The molecule has 0 radical (unpaired) electrons. The minimum Gasteiger partial charge on any atom is -0.449 e. The molecule has 1 fully saturated rings. The predicted octanol–water partition coefficient (Wildman–Crippen LogP) is 3.62. The summed E-state index contributed by atoms with van der Waals surface area (Å²) in [6.45, 7) is 8.12. The number of carbonyl (C=O) groups excluding carboxylic acids is 2. The van der Waals surface area contributed by atoms with Crippen LogP contribution in [0.25, 0.3) is 10.9 Å². The van der Waals surface area contributed by atoms with Crippen LogP contribution in [0.2, 0.25) is 0 Å². The molecule has 2 amide bonds. The molecule has 6 nitrogen and oxygen atoms in total. The van der Waals surface area contributed by atoms with Crippen molar-refractivity contribution in [1.82, 2.24) is 14.8 Å². The van der Waals surface area contributed by atoms with E-state index < -0.39 is 0 Å². The average molecular weight is 387 g/mol. The first-order valence-electron chi connectivity index (χ1n) is 9.63. The number of aromatic nitrogens is 1. The number of nitrogens with zero attached hydrogens (tertiary/aromatic N) is 3. The molecule has 0 unspecified atom stereocenters. The fourth-order valence-electron chi connectivity index (χ4n) is 3.31. The van der Waals surface area contributed by atoms with Gasteiger partial charge in [0.05, 0.1) is 17.7 Å². The summed E-state index contributed by atoms with van der Waals surface area (Å²) in [5.41, 5.74) is 1.64. The zero-order chi connectivity index (χ0) is 20.3. The predicted molar refractivity (Wildman–Crippen MR) is 105 cm³/mol. The summed E-state index contributed by atoms with van der Waals surface area (Å²) in [7, 11) is 0. The zero-order valence-corrected chi connectivity index (χ0v) is 16.6. The van der Waals surface area contributed by atoms with E-state index in [0.717, 1.165) is 0 Å². The van der Waals surface area contributed by atoms with Crippen LogP contribution in [0.3, 0.4) is 0 Å². The van der Waals surface area contributed by atoms with Crippen LogP contribution in [-0.2, 0) is 4.74 Å². The van der Waals surface area contributed by atoms with E-state index in [-0.39, 0.29) is 23.7 Å². The summed E-state index contributed by atoms with van der Waals surface area (Å²) in [5, 5.41) is 0.634. The van der Waals surface area contributed by atoms with Crippen molar-refractivity contribution in [3.63, 3.8) is 0 Å². The SMILES string of the molecule is Cc1cc(C(=O)N2CCCN(C(=O)OCC(C)C)CC2)c2ccc(F)cc2n1. The molecule has 2 heterocycles. The molecule has 0 saturated carbocycles. The first-order valence-corrected chi connectivity index (χ1v) is 9.63. The van der Waals surface area contributed by atoms with Gasteiger partial charge in [-0.05, 0) is 37.5 Å². The Hall–Kier alpha value is -2.70. The molecule has 28 heavy (non-hydrogen) atoms. The van der Waals surface area contributed by atoms with E-state index in [0.29, 0.717) is 61.4 Å². The van der Waals surface area contributed by atoms with Crippen LogP contribution in [-0.4, -0.2) is 59.6 Å². The molecule has 0 bridgehead atoms. The third-order valence-electron chi connectivity index (χ3n) is 4.71. The summed E-state index contributed by atoms with van der Waals surface area (Å²) in [5.74, 6) is -0.226. The summed E-state index contributed by atoms with van der Waals surface area (Å²) in [6, 6.07) is 6.01. The van der Waals surface area contributed by atoms with Crippen molar-refractivity contribution in [3.8, 4) is 0 Å². The van der Waals surface area contributed by atoms with Gasteiger partial charge in [0.15, 0.2) is 0 Å².